The van der Waals surface area contributed by atoms with Gasteiger partial charge in [0.1, 0.15) is 5.82 Å². The van der Waals surface area contributed by atoms with E-state index in [1.165, 1.54) is 5.56 Å². The summed E-state index contributed by atoms with van der Waals surface area (Å²) in [6.07, 6.45) is 3.62. The van der Waals surface area contributed by atoms with Crippen LogP contribution >= 0.6 is 27.3 Å². The Morgan fingerprint density at radius 1 is 1.60 bits per heavy atom. The first-order valence-electron chi connectivity index (χ1n) is 4.77. The molecule has 0 bridgehead atoms. The van der Waals surface area contributed by atoms with Crippen LogP contribution in [0.25, 0.3) is 0 Å². The van der Waals surface area contributed by atoms with Gasteiger partial charge in [-0.15, -0.1) is 0 Å². The summed E-state index contributed by atoms with van der Waals surface area (Å²) >= 11 is 5.24. The van der Waals surface area contributed by atoms with Gasteiger partial charge in [0.2, 0.25) is 0 Å². The molecule has 0 saturated heterocycles. The highest BCUT2D eigenvalue weighted by atomic mass is 79.9. The monoisotopic (exact) mass is 285 g/mol. The first-order chi connectivity index (χ1) is 7.33. The minimum atomic E-state index is 0.144. The molecule has 2 aromatic rings. The topological polar surface area (TPSA) is 40.7 Å². The quantitative estimate of drug-likeness (QED) is 0.907. The molecule has 0 amide bonds. The first-order valence-corrected chi connectivity index (χ1v) is 6.50. The Kier molecular flexibility index (Phi) is 3.56. The lowest BCUT2D eigenvalue weighted by molar-refractivity contribution is 0.603. The second kappa shape index (κ2) is 4.92. The van der Waals surface area contributed by atoms with Crippen LogP contribution in [0.4, 0.5) is 0 Å². The molecule has 3 nitrogen and oxygen atoms in total. The number of H-pyrrole nitrogens is 1. The lowest BCUT2D eigenvalue weighted by Gasteiger charge is -2.14. The highest BCUT2D eigenvalue weighted by Gasteiger charge is 2.18. The number of nitrogens with zero attached hydrogens (tertiary/aromatic N) is 1. The van der Waals surface area contributed by atoms with E-state index in [0.29, 0.717) is 0 Å². The average molecular weight is 286 g/mol. The summed E-state index contributed by atoms with van der Waals surface area (Å²) < 4.78 is 1.13. The van der Waals surface area contributed by atoms with Crippen LogP contribution < -0.4 is 5.32 Å². The van der Waals surface area contributed by atoms with Gasteiger partial charge in [-0.05, 0) is 27.9 Å². The zero-order valence-corrected chi connectivity index (χ0v) is 10.7. The maximum absolute atomic E-state index is 4.30. The predicted molar refractivity (Wildman–Crippen MR) is 66.1 cm³/mol. The normalized spacial score (nSPS) is 12.9. The van der Waals surface area contributed by atoms with Crippen molar-refractivity contribution in [2.45, 2.75) is 13.0 Å². The van der Waals surface area contributed by atoms with Crippen LogP contribution in [-0.2, 0) is 0 Å². The Balaban J connectivity index is 2.32. The van der Waals surface area contributed by atoms with Gasteiger partial charge in [-0.2, -0.15) is 11.3 Å². The Morgan fingerprint density at radius 2 is 2.47 bits per heavy atom. The summed E-state index contributed by atoms with van der Waals surface area (Å²) in [7, 11) is 0. The van der Waals surface area contributed by atoms with Gasteiger partial charge in [0.05, 0.1) is 6.04 Å². The molecule has 2 rings (SSSR count). The van der Waals surface area contributed by atoms with Gasteiger partial charge in [0.25, 0.3) is 0 Å². The van der Waals surface area contributed by atoms with Gasteiger partial charge < -0.3 is 10.3 Å². The molecule has 0 aliphatic rings. The molecular formula is C10H12BrN3S. The van der Waals surface area contributed by atoms with Crippen molar-refractivity contribution >= 4 is 27.3 Å². The first kappa shape index (κ1) is 10.9. The standard InChI is InChI=1S/C10H12BrN3S/c1-2-12-9(10-13-3-4-14-10)7-5-15-6-8(7)11/h3-6,9,12H,2H2,1H3,(H,13,14). The summed E-state index contributed by atoms with van der Waals surface area (Å²) in [6.45, 7) is 3.00. The van der Waals surface area contributed by atoms with E-state index in [2.05, 4.69) is 48.9 Å². The van der Waals surface area contributed by atoms with Crippen molar-refractivity contribution in [3.05, 3.63) is 39.0 Å². The smallest absolute Gasteiger partial charge is 0.127 e. The van der Waals surface area contributed by atoms with Crippen molar-refractivity contribution in [3.8, 4) is 0 Å². The molecule has 15 heavy (non-hydrogen) atoms. The second-order valence-corrected chi connectivity index (χ2v) is 4.74. The number of hydrogen-bond acceptors (Lipinski definition) is 3. The number of rotatable bonds is 4. The highest BCUT2D eigenvalue weighted by molar-refractivity contribution is 9.10. The Hall–Kier alpha value is -0.650. The molecule has 0 radical (unpaired) electrons. The van der Waals surface area contributed by atoms with E-state index >= 15 is 0 Å². The third-order valence-corrected chi connectivity index (χ3v) is 3.91. The number of halogens is 1. The largest absolute Gasteiger partial charge is 0.347 e. The summed E-state index contributed by atoms with van der Waals surface area (Å²) in [5.74, 6) is 0.955. The molecule has 80 valence electrons. The number of nitrogens with one attached hydrogen (secondary N) is 2. The van der Waals surface area contributed by atoms with Crippen LogP contribution in [0.1, 0.15) is 24.4 Å². The van der Waals surface area contributed by atoms with E-state index in [1.54, 1.807) is 17.5 Å². The van der Waals surface area contributed by atoms with Crippen LogP contribution in [0.5, 0.6) is 0 Å². The van der Waals surface area contributed by atoms with Crippen molar-refractivity contribution < 1.29 is 0 Å². The van der Waals surface area contributed by atoms with Gasteiger partial charge in [0.15, 0.2) is 0 Å². The van der Waals surface area contributed by atoms with Gasteiger partial charge in [-0.1, -0.05) is 6.92 Å². The van der Waals surface area contributed by atoms with E-state index in [4.69, 9.17) is 0 Å². The second-order valence-electron chi connectivity index (χ2n) is 3.14. The zero-order chi connectivity index (χ0) is 10.7. The molecule has 0 spiro atoms. The molecule has 2 aromatic heterocycles. The molecule has 0 aliphatic heterocycles. The highest BCUT2D eigenvalue weighted by Crippen LogP contribution is 2.29. The third-order valence-electron chi connectivity index (χ3n) is 2.15. The molecule has 5 heteroatoms. The number of hydrogen-bond donors (Lipinski definition) is 2. The SMILES string of the molecule is CCNC(c1ncc[nH]1)c1cscc1Br. The molecule has 0 aromatic carbocycles. The molecule has 2 heterocycles. The van der Waals surface area contributed by atoms with Crippen LogP contribution in [0.15, 0.2) is 27.6 Å². The molecule has 2 N–H and O–H groups in total. The minimum absolute atomic E-state index is 0.144. The lowest BCUT2D eigenvalue weighted by atomic mass is 10.1. The minimum Gasteiger partial charge on any atom is -0.347 e. The van der Waals surface area contributed by atoms with Gasteiger partial charge >= 0.3 is 0 Å². The fraction of sp³-hybridized carbons (Fsp3) is 0.300. The van der Waals surface area contributed by atoms with Gasteiger partial charge in [-0.3, -0.25) is 0 Å². The summed E-state index contributed by atoms with van der Waals surface area (Å²) in [5, 5.41) is 7.64. The van der Waals surface area contributed by atoms with E-state index < -0.39 is 0 Å². The number of imidazole rings is 1. The van der Waals surface area contributed by atoms with Crippen molar-refractivity contribution in [1.82, 2.24) is 15.3 Å². The summed E-state index contributed by atoms with van der Waals surface area (Å²) in [4.78, 5) is 7.45. The van der Waals surface area contributed by atoms with Crippen molar-refractivity contribution in [2.24, 2.45) is 0 Å². The van der Waals surface area contributed by atoms with Crippen LogP contribution in [0.2, 0.25) is 0 Å². The molecule has 1 atom stereocenters. The van der Waals surface area contributed by atoms with E-state index in [1.807, 2.05) is 6.20 Å². The van der Waals surface area contributed by atoms with E-state index in [9.17, 15) is 0 Å². The maximum atomic E-state index is 4.30. The van der Waals surface area contributed by atoms with Gasteiger partial charge in [0, 0.05) is 27.8 Å². The Labute approximate surface area is 101 Å². The number of aromatic amines is 1. The number of aromatic nitrogens is 2. The summed E-state index contributed by atoms with van der Waals surface area (Å²) in [6, 6.07) is 0.144. The van der Waals surface area contributed by atoms with Gasteiger partial charge in [-0.25, -0.2) is 4.98 Å². The maximum Gasteiger partial charge on any atom is 0.127 e. The van der Waals surface area contributed by atoms with Crippen LogP contribution in [-0.4, -0.2) is 16.5 Å². The molecule has 1 unspecified atom stereocenters. The van der Waals surface area contributed by atoms with Crippen molar-refractivity contribution in [1.29, 1.82) is 0 Å². The zero-order valence-electron chi connectivity index (χ0n) is 8.33. The Morgan fingerprint density at radius 3 is 3.00 bits per heavy atom. The fourth-order valence-electron chi connectivity index (χ4n) is 1.49. The average Bonchev–Trinajstić information content (AvgIpc) is 2.85. The number of thiophene rings is 1. The van der Waals surface area contributed by atoms with Crippen molar-refractivity contribution in [3.63, 3.8) is 0 Å². The Bertz CT molecular complexity index is 410. The van der Waals surface area contributed by atoms with E-state index in [-0.39, 0.29) is 6.04 Å². The van der Waals surface area contributed by atoms with Crippen molar-refractivity contribution in [2.75, 3.05) is 6.54 Å². The summed E-state index contributed by atoms with van der Waals surface area (Å²) in [5.41, 5.74) is 1.23. The lowest BCUT2D eigenvalue weighted by Crippen LogP contribution is -2.22. The molecule has 0 saturated carbocycles. The van der Waals surface area contributed by atoms with Crippen LogP contribution in [0.3, 0.4) is 0 Å². The molecule has 0 fully saturated rings. The predicted octanol–water partition coefficient (Wildman–Crippen LogP) is 2.93. The molecule has 0 aliphatic carbocycles. The third kappa shape index (κ3) is 2.30. The van der Waals surface area contributed by atoms with Crippen LogP contribution in [0, 0.1) is 0 Å². The fourth-order valence-corrected chi connectivity index (χ4v) is 3.04. The van der Waals surface area contributed by atoms with E-state index in [0.717, 1.165) is 16.8 Å². The molecular weight excluding hydrogens is 274 g/mol.